The van der Waals surface area contributed by atoms with Crippen molar-refractivity contribution in [3.63, 3.8) is 0 Å². The molecule has 1 aromatic heterocycles. The Balaban J connectivity index is 1.85. The molecule has 0 spiro atoms. The minimum absolute atomic E-state index is 0.0865. The molecule has 0 saturated carbocycles. The van der Waals surface area contributed by atoms with Crippen molar-refractivity contribution < 1.29 is 19.4 Å². The largest absolute Gasteiger partial charge is 0.449 e. The van der Waals surface area contributed by atoms with Crippen molar-refractivity contribution in [3.8, 4) is 0 Å². The first-order chi connectivity index (χ1) is 10.6. The number of aliphatic hydroxyl groups excluding tert-OH is 1. The first kappa shape index (κ1) is 16.2. The summed E-state index contributed by atoms with van der Waals surface area (Å²) in [6.45, 7) is 1.87. The molecule has 1 heterocycles. The predicted molar refractivity (Wildman–Crippen MR) is 83.4 cm³/mol. The zero-order valence-electron chi connectivity index (χ0n) is 12.1. The van der Waals surface area contributed by atoms with Crippen molar-refractivity contribution in [3.05, 3.63) is 57.8 Å². The third-order valence-corrected chi connectivity index (χ3v) is 3.92. The molecule has 22 heavy (non-hydrogen) atoms. The molecule has 0 aliphatic carbocycles. The summed E-state index contributed by atoms with van der Waals surface area (Å²) in [4.78, 5) is 24.9. The van der Waals surface area contributed by atoms with Crippen molar-refractivity contribution in [2.45, 2.75) is 26.2 Å². The van der Waals surface area contributed by atoms with E-state index in [4.69, 9.17) is 9.84 Å². The smallest absolute Gasteiger partial charge is 0.338 e. The van der Waals surface area contributed by atoms with Crippen LogP contribution in [0, 0.1) is 0 Å². The summed E-state index contributed by atoms with van der Waals surface area (Å²) in [6.07, 6.45) is -0.870. The Hall–Kier alpha value is -2.18. The molecule has 116 valence electrons. The van der Waals surface area contributed by atoms with Crippen molar-refractivity contribution in [2.24, 2.45) is 0 Å². The van der Waals surface area contributed by atoms with Crippen LogP contribution in [-0.4, -0.2) is 23.1 Å². The lowest BCUT2D eigenvalue weighted by Gasteiger charge is -2.13. The zero-order chi connectivity index (χ0) is 15.9. The van der Waals surface area contributed by atoms with Crippen LogP contribution in [0.2, 0.25) is 0 Å². The van der Waals surface area contributed by atoms with E-state index in [-0.39, 0.29) is 12.5 Å². The summed E-state index contributed by atoms with van der Waals surface area (Å²) in [5, 5.41) is 13.6. The van der Waals surface area contributed by atoms with E-state index in [1.165, 1.54) is 6.92 Å². The molecule has 0 aliphatic rings. The van der Waals surface area contributed by atoms with Gasteiger partial charge in [-0.15, -0.1) is 11.3 Å². The highest BCUT2D eigenvalue weighted by atomic mass is 32.1. The number of hydrogen-bond acceptors (Lipinski definition) is 5. The van der Waals surface area contributed by atoms with E-state index >= 15 is 0 Å². The molecular formula is C16H17NO4S. The van der Waals surface area contributed by atoms with Crippen LogP contribution >= 0.6 is 11.3 Å². The van der Waals surface area contributed by atoms with E-state index in [9.17, 15) is 9.59 Å². The molecule has 2 rings (SSSR count). The zero-order valence-corrected chi connectivity index (χ0v) is 12.9. The summed E-state index contributed by atoms with van der Waals surface area (Å²) >= 11 is 1.55. The third-order valence-electron chi connectivity index (χ3n) is 3.04. The van der Waals surface area contributed by atoms with E-state index in [1.54, 1.807) is 35.6 Å². The molecule has 0 unspecified atom stereocenters. The van der Waals surface area contributed by atoms with Crippen LogP contribution in [-0.2, 0) is 22.7 Å². The molecule has 0 saturated heterocycles. The molecule has 2 aromatic rings. The number of benzene rings is 1. The molecule has 1 aromatic carbocycles. The van der Waals surface area contributed by atoms with Crippen LogP contribution in [0.15, 0.2) is 41.8 Å². The highest BCUT2D eigenvalue weighted by Crippen LogP contribution is 2.09. The molecule has 5 nitrogen and oxygen atoms in total. The van der Waals surface area contributed by atoms with Gasteiger partial charge in [-0.05, 0) is 36.1 Å². The highest BCUT2D eigenvalue weighted by Gasteiger charge is 2.18. The summed E-state index contributed by atoms with van der Waals surface area (Å²) in [7, 11) is 0. The maximum Gasteiger partial charge on any atom is 0.338 e. The first-order valence-electron chi connectivity index (χ1n) is 6.81. The average Bonchev–Trinajstić information content (AvgIpc) is 3.06. The van der Waals surface area contributed by atoms with Crippen molar-refractivity contribution in [1.82, 2.24) is 5.32 Å². The van der Waals surface area contributed by atoms with Gasteiger partial charge in [0.15, 0.2) is 6.10 Å². The second kappa shape index (κ2) is 7.72. The molecule has 2 N–H and O–H groups in total. The fraction of sp³-hybridized carbons (Fsp3) is 0.250. The Kier molecular flexibility index (Phi) is 5.68. The molecule has 0 aliphatic heterocycles. The number of rotatable bonds is 6. The second-order valence-corrected chi connectivity index (χ2v) is 5.73. The quantitative estimate of drug-likeness (QED) is 0.800. The molecule has 0 fully saturated rings. The van der Waals surface area contributed by atoms with Gasteiger partial charge < -0.3 is 15.2 Å². The van der Waals surface area contributed by atoms with Gasteiger partial charge in [0, 0.05) is 4.88 Å². The van der Waals surface area contributed by atoms with Gasteiger partial charge in [0.25, 0.3) is 5.91 Å². The van der Waals surface area contributed by atoms with E-state index in [0.717, 1.165) is 4.88 Å². The van der Waals surface area contributed by atoms with Gasteiger partial charge in [0.05, 0.1) is 18.7 Å². The third kappa shape index (κ3) is 4.41. The van der Waals surface area contributed by atoms with E-state index in [2.05, 4.69) is 5.32 Å². The number of amides is 1. The Morgan fingerprint density at radius 3 is 2.59 bits per heavy atom. The summed E-state index contributed by atoms with van der Waals surface area (Å²) in [5.41, 5.74) is 1.05. The van der Waals surface area contributed by atoms with Crippen LogP contribution in [0.1, 0.15) is 27.7 Å². The van der Waals surface area contributed by atoms with Crippen LogP contribution in [0.4, 0.5) is 0 Å². The van der Waals surface area contributed by atoms with Gasteiger partial charge >= 0.3 is 5.97 Å². The number of esters is 1. The van der Waals surface area contributed by atoms with Gasteiger partial charge in [0.2, 0.25) is 0 Å². The minimum atomic E-state index is -0.870. The Morgan fingerprint density at radius 2 is 2.00 bits per heavy atom. The minimum Gasteiger partial charge on any atom is -0.449 e. The Bertz CT molecular complexity index is 622. The number of aliphatic hydroxyl groups is 1. The number of carbonyl (C=O) groups is 2. The predicted octanol–water partition coefficient (Wildman–Crippen LogP) is 2.10. The lowest BCUT2D eigenvalue weighted by Crippen LogP contribution is -2.35. The lowest BCUT2D eigenvalue weighted by molar-refractivity contribution is -0.129. The monoisotopic (exact) mass is 319 g/mol. The molecule has 1 atom stereocenters. The van der Waals surface area contributed by atoms with Gasteiger partial charge in [-0.1, -0.05) is 18.2 Å². The maximum atomic E-state index is 11.9. The van der Waals surface area contributed by atoms with E-state index in [0.29, 0.717) is 17.7 Å². The van der Waals surface area contributed by atoms with Crippen LogP contribution in [0.25, 0.3) is 0 Å². The molecular weight excluding hydrogens is 302 g/mol. The van der Waals surface area contributed by atoms with Crippen molar-refractivity contribution in [2.75, 3.05) is 0 Å². The number of ether oxygens (including phenoxy) is 1. The van der Waals surface area contributed by atoms with Crippen molar-refractivity contribution in [1.29, 1.82) is 0 Å². The second-order valence-electron chi connectivity index (χ2n) is 4.70. The van der Waals surface area contributed by atoms with Crippen LogP contribution in [0.5, 0.6) is 0 Å². The number of thiophene rings is 1. The van der Waals surface area contributed by atoms with Gasteiger partial charge in [-0.3, -0.25) is 4.79 Å². The molecule has 6 heteroatoms. The summed E-state index contributed by atoms with van der Waals surface area (Å²) < 4.78 is 5.13. The van der Waals surface area contributed by atoms with Crippen LogP contribution < -0.4 is 5.32 Å². The standard InChI is InChI=1S/C16H17NO4S/c1-11(15(19)17-9-14-3-2-8-22-14)21-16(20)13-6-4-12(10-18)5-7-13/h2-8,11,18H,9-10H2,1H3,(H,17,19)/t11-/m1/s1. The van der Waals surface area contributed by atoms with Crippen molar-refractivity contribution >= 4 is 23.2 Å². The fourth-order valence-corrected chi connectivity index (χ4v) is 2.40. The first-order valence-corrected chi connectivity index (χ1v) is 7.69. The maximum absolute atomic E-state index is 11.9. The lowest BCUT2D eigenvalue weighted by atomic mass is 10.1. The molecule has 1 amide bonds. The average molecular weight is 319 g/mol. The Labute approximate surface area is 132 Å². The highest BCUT2D eigenvalue weighted by molar-refractivity contribution is 7.09. The Morgan fingerprint density at radius 1 is 1.27 bits per heavy atom. The summed E-state index contributed by atoms with van der Waals surface area (Å²) in [5.74, 6) is -0.906. The fourth-order valence-electron chi connectivity index (χ4n) is 1.76. The molecule has 0 bridgehead atoms. The normalized spacial score (nSPS) is 11.7. The van der Waals surface area contributed by atoms with Gasteiger partial charge in [0.1, 0.15) is 0 Å². The van der Waals surface area contributed by atoms with E-state index < -0.39 is 12.1 Å². The number of carbonyl (C=O) groups excluding carboxylic acids is 2. The topological polar surface area (TPSA) is 75.6 Å². The van der Waals surface area contributed by atoms with Gasteiger partial charge in [-0.2, -0.15) is 0 Å². The van der Waals surface area contributed by atoms with Gasteiger partial charge in [-0.25, -0.2) is 4.79 Å². The van der Waals surface area contributed by atoms with E-state index in [1.807, 2.05) is 17.5 Å². The summed E-state index contributed by atoms with van der Waals surface area (Å²) in [6, 6.07) is 10.2. The SMILES string of the molecule is C[C@@H](OC(=O)c1ccc(CO)cc1)C(=O)NCc1cccs1. The van der Waals surface area contributed by atoms with Crippen LogP contribution in [0.3, 0.4) is 0 Å². The number of nitrogens with one attached hydrogen (secondary N) is 1. The molecule has 0 radical (unpaired) electrons. The number of hydrogen-bond donors (Lipinski definition) is 2.